The lowest BCUT2D eigenvalue weighted by molar-refractivity contribution is 0.00173. The zero-order valence-corrected chi connectivity index (χ0v) is 10.5. The molecule has 0 bridgehead atoms. The van der Waals surface area contributed by atoms with Crippen LogP contribution in [-0.4, -0.2) is 48.4 Å². The normalized spacial score (nSPS) is 18.1. The maximum Gasteiger partial charge on any atom is 0.410 e. The molecule has 1 aliphatic rings. The van der Waals surface area contributed by atoms with E-state index in [4.69, 9.17) is 9.29 Å². The van der Waals surface area contributed by atoms with Crippen molar-refractivity contribution in [2.45, 2.75) is 26.4 Å². The molecule has 0 aromatic rings. The Morgan fingerprint density at radius 1 is 1.44 bits per heavy atom. The van der Waals surface area contributed by atoms with Gasteiger partial charge in [-0.1, -0.05) is 0 Å². The molecule has 1 amide bonds. The minimum Gasteiger partial charge on any atom is -0.444 e. The highest BCUT2D eigenvalue weighted by Crippen LogP contribution is 2.20. The molecule has 0 aromatic heterocycles. The van der Waals surface area contributed by atoms with Gasteiger partial charge in [0, 0.05) is 19.0 Å². The van der Waals surface area contributed by atoms with Crippen LogP contribution in [0.15, 0.2) is 0 Å². The van der Waals surface area contributed by atoms with Crippen LogP contribution in [0.25, 0.3) is 0 Å². The highest BCUT2D eigenvalue weighted by atomic mass is 32.2. The van der Waals surface area contributed by atoms with E-state index in [1.165, 1.54) is 4.90 Å². The Balaban J connectivity index is 2.34. The van der Waals surface area contributed by atoms with Crippen molar-refractivity contribution >= 4 is 16.2 Å². The fourth-order valence-corrected chi connectivity index (χ4v) is 2.26. The van der Waals surface area contributed by atoms with Crippen LogP contribution >= 0.6 is 0 Å². The molecule has 0 saturated carbocycles. The third-order valence-electron chi connectivity index (χ3n) is 2.06. The molecule has 1 N–H and O–H groups in total. The molecule has 94 valence electrons. The lowest BCUT2D eigenvalue weighted by Gasteiger charge is -2.39. The molecule has 1 fully saturated rings. The van der Waals surface area contributed by atoms with Crippen molar-refractivity contribution in [3.05, 3.63) is 0 Å². The number of ether oxygens (including phenoxy) is 1. The lowest BCUT2D eigenvalue weighted by atomic mass is 10.0. The Labute approximate surface area is 95.3 Å². The molecule has 16 heavy (non-hydrogen) atoms. The zero-order valence-electron chi connectivity index (χ0n) is 9.63. The van der Waals surface area contributed by atoms with E-state index in [0.29, 0.717) is 13.1 Å². The van der Waals surface area contributed by atoms with Crippen molar-refractivity contribution in [3.63, 3.8) is 0 Å². The summed E-state index contributed by atoms with van der Waals surface area (Å²) >= 11 is 0. The molecule has 1 aliphatic heterocycles. The molecule has 0 aromatic carbocycles. The van der Waals surface area contributed by atoms with Gasteiger partial charge in [-0.2, -0.15) is 8.42 Å². The summed E-state index contributed by atoms with van der Waals surface area (Å²) in [5.74, 6) is -0.491. The number of carbonyl (C=O) groups excluding carboxylic acids is 1. The predicted molar refractivity (Wildman–Crippen MR) is 57.7 cm³/mol. The van der Waals surface area contributed by atoms with Crippen LogP contribution < -0.4 is 0 Å². The van der Waals surface area contributed by atoms with Crippen LogP contribution in [0.2, 0.25) is 0 Å². The maximum atomic E-state index is 11.4. The Kier molecular flexibility index (Phi) is 3.49. The molecule has 6 nitrogen and oxygen atoms in total. The topological polar surface area (TPSA) is 83.9 Å². The first-order valence-corrected chi connectivity index (χ1v) is 6.61. The zero-order chi connectivity index (χ0) is 12.6. The third kappa shape index (κ3) is 4.36. The lowest BCUT2D eigenvalue weighted by Crippen LogP contribution is -2.53. The minimum atomic E-state index is -3.95. The van der Waals surface area contributed by atoms with Gasteiger partial charge in [-0.15, -0.1) is 0 Å². The van der Waals surface area contributed by atoms with Crippen molar-refractivity contribution < 1.29 is 22.5 Å². The van der Waals surface area contributed by atoms with E-state index >= 15 is 0 Å². The van der Waals surface area contributed by atoms with E-state index in [0.717, 1.165) is 0 Å². The van der Waals surface area contributed by atoms with Crippen LogP contribution in [0.1, 0.15) is 20.8 Å². The fraction of sp³-hybridized carbons (Fsp3) is 0.889. The highest BCUT2D eigenvalue weighted by Gasteiger charge is 2.35. The monoisotopic (exact) mass is 251 g/mol. The average Bonchev–Trinajstić information content (AvgIpc) is 1.89. The summed E-state index contributed by atoms with van der Waals surface area (Å²) in [6, 6.07) is 0. The van der Waals surface area contributed by atoms with E-state index in [1.54, 1.807) is 20.8 Å². The number of rotatable bonds is 2. The van der Waals surface area contributed by atoms with E-state index < -0.39 is 21.8 Å². The standard InChI is InChI=1S/C9H17NO5S/c1-9(2,3)15-8(11)10-4-7(5-10)6-16(12,13)14/h7H,4-6H2,1-3H3,(H,12,13,14). The molecule has 0 aliphatic carbocycles. The molecule has 0 radical (unpaired) electrons. The van der Waals surface area contributed by atoms with E-state index in [1.807, 2.05) is 0 Å². The second-order valence-corrected chi connectivity index (χ2v) is 6.50. The quantitative estimate of drug-likeness (QED) is 0.732. The number of hydrogen-bond acceptors (Lipinski definition) is 4. The molecule has 0 spiro atoms. The highest BCUT2D eigenvalue weighted by molar-refractivity contribution is 7.85. The van der Waals surface area contributed by atoms with Gasteiger partial charge in [0.05, 0.1) is 5.75 Å². The van der Waals surface area contributed by atoms with Crippen LogP contribution in [0, 0.1) is 5.92 Å². The summed E-state index contributed by atoms with van der Waals surface area (Å²) in [6.07, 6.45) is -0.445. The smallest absolute Gasteiger partial charge is 0.410 e. The van der Waals surface area contributed by atoms with Crippen LogP contribution in [0.4, 0.5) is 4.79 Å². The predicted octanol–water partition coefficient (Wildman–Crippen LogP) is 0.741. The van der Waals surface area contributed by atoms with E-state index in [9.17, 15) is 13.2 Å². The first kappa shape index (κ1) is 13.2. The third-order valence-corrected chi connectivity index (χ3v) is 2.95. The van der Waals surface area contributed by atoms with Gasteiger partial charge >= 0.3 is 6.09 Å². The number of nitrogens with zero attached hydrogens (tertiary/aromatic N) is 1. The van der Waals surface area contributed by atoms with Crippen molar-refractivity contribution in [1.82, 2.24) is 4.90 Å². The van der Waals surface area contributed by atoms with Crippen LogP contribution in [0.5, 0.6) is 0 Å². The first-order valence-electron chi connectivity index (χ1n) is 5.00. The number of carbonyl (C=O) groups is 1. The van der Waals surface area contributed by atoms with Gasteiger partial charge in [0.25, 0.3) is 10.1 Å². The molecular weight excluding hydrogens is 234 g/mol. The molecule has 0 unspecified atom stereocenters. The summed E-state index contributed by atoms with van der Waals surface area (Å²) < 4.78 is 34.8. The van der Waals surface area contributed by atoms with Crippen molar-refractivity contribution in [1.29, 1.82) is 0 Å². The van der Waals surface area contributed by atoms with Gasteiger partial charge < -0.3 is 9.64 Å². The summed E-state index contributed by atoms with van der Waals surface area (Å²) in [5, 5.41) is 0. The summed E-state index contributed by atoms with van der Waals surface area (Å²) in [6.45, 7) is 5.92. The fourth-order valence-electron chi connectivity index (χ4n) is 1.45. The van der Waals surface area contributed by atoms with Crippen molar-refractivity contribution in [3.8, 4) is 0 Å². The maximum absolute atomic E-state index is 11.4. The SMILES string of the molecule is CC(C)(C)OC(=O)N1CC(CS(=O)(=O)O)C1. The molecule has 0 atom stereocenters. The molecule has 7 heteroatoms. The van der Waals surface area contributed by atoms with Crippen LogP contribution in [-0.2, 0) is 14.9 Å². The first-order chi connectivity index (χ1) is 7.07. The van der Waals surface area contributed by atoms with Crippen LogP contribution in [0.3, 0.4) is 0 Å². The van der Waals surface area contributed by atoms with Gasteiger partial charge in [0.15, 0.2) is 0 Å². The van der Waals surface area contributed by atoms with Gasteiger partial charge in [0.1, 0.15) is 5.60 Å². The van der Waals surface area contributed by atoms with Gasteiger partial charge in [-0.05, 0) is 20.8 Å². The summed E-state index contributed by atoms with van der Waals surface area (Å²) in [7, 11) is -3.95. The van der Waals surface area contributed by atoms with E-state index in [-0.39, 0.29) is 11.7 Å². The Bertz CT molecular complexity index is 364. The van der Waals surface area contributed by atoms with Crippen molar-refractivity contribution in [2.75, 3.05) is 18.8 Å². The Hall–Kier alpha value is -0.820. The van der Waals surface area contributed by atoms with Gasteiger partial charge in [0.2, 0.25) is 0 Å². The van der Waals surface area contributed by atoms with Gasteiger partial charge in [-0.3, -0.25) is 4.55 Å². The summed E-state index contributed by atoms with van der Waals surface area (Å²) in [4.78, 5) is 12.9. The Morgan fingerprint density at radius 2 is 1.94 bits per heavy atom. The minimum absolute atomic E-state index is 0.192. The number of amides is 1. The second-order valence-electron chi connectivity index (χ2n) is 5.00. The summed E-state index contributed by atoms with van der Waals surface area (Å²) in [5.41, 5.74) is -0.550. The molecule has 1 saturated heterocycles. The molecule has 1 heterocycles. The second kappa shape index (κ2) is 4.21. The van der Waals surface area contributed by atoms with Crippen molar-refractivity contribution in [2.24, 2.45) is 5.92 Å². The largest absolute Gasteiger partial charge is 0.444 e. The number of hydrogen-bond donors (Lipinski definition) is 1. The van der Waals surface area contributed by atoms with Gasteiger partial charge in [-0.25, -0.2) is 4.79 Å². The molecular formula is C9H17NO5S. The Morgan fingerprint density at radius 3 is 2.31 bits per heavy atom. The number of likely N-dealkylation sites (tertiary alicyclic amines) is 1. The average molecular weight is 251 g/mol. The van der Waals surface area contributed by atoms with E-state index in [2.05, 4.69) is 0 Å². The molecule has 1 rings (SSSR count).